The van der Waals surface area contributed by atoms with Gasteiger partial charge in [0.05, 0.1) is 11.1 Å². The van der Waals surface area contributed by atoms with Crippen molar-refractivity contribution in [3.8, 4) is 0 Å². The number of sulfonamides is 1. The molecular formula is C8H8F5N3O2S. The lowest BCUT2D eigenvalue weighted by atomic mass is 10.0. The highest BCUT2D eigenvalue weighted by molar-refractivity contribution is 7.89. The van der Waals surface area contributed by atoms with E-state index in [1.54, 1.807) is 0 Å². The normalized spacial score (nSPS) is 13.1. The van der Waals surface area contributed by atoms with E-state index in [1.165, 1.54) is 0 Å². The number of primary sulfonamides is 1. The first-order valence-electron chi connectivity index (χ1n) is 4.60. The van der Waals surface area contributed by atoms with Crippen LogP contribution in [0.4, 0.5) is 22.0 Å². The summed E-state index contributed by atoms with van der Waals surface area (Å²) in [6, 6.07) is 0. The first-order chi connectivity index (χ1) is 8.50. The summed E-state index contributed by atoms with van der Waals surface area (Å²) in [5.41, 5.74) is 1.03. The highest BCUT2D eigenvalue weighted by atomic mass is 32.2. The number of alkyl halides is 5. The number of pyridine rings is 1. The van der Waals surface area contributed by atoms with Gasteiger partial charge in [0.1, 0.15) is 0 Å². The van der Waals surface area contributed by atoms with Gasteiger partial charge in [-0.3, -0.25) is 0 Å². The van der Waals surface area contributed by atoms with Crippen LogP contribution in [-0.4, -0.2) is 13.4 Å². The Morgan fingerprint density at radius 1 is 1.32 bits per heavy atom. The molecule has 0 saturated heterocycles. The van der Waals surface area contributed by atoms with Crippen LogP contribution in [0.15, 0.2) is 11.2 Å². The zero-order chi connectivity index (χ0) is 15.0. The van der Waals surface area contributed by atoms with Crippen molar-refractivity contribution in [1.82, 2.24) is 4.98 Å². The number of halogens is 5. The molecule has 0 atom stereocenters. The summed E-state index contributed by atoms with van der Waals surface area (Å²) in [6.07, 6.45) is -8.38. The van der Waals surface area contributed by atoms with Gasteiger partial charge in [-0.25, -0.2) is 27.3 Å². The van der Waals surface area contributed by atoms with Gasteiger partial charge in [-0.2, -0.15) is 13.2 Å². The second-order valence-electron chi connectivity index (χ2n) is 3.42. The second-order valence-corrected chi connectivity index (χ2v) is 4.89. The smallest absolute Gasteiger partial charge is 0.326 e. The zero-order valence-electron chi connectivity index (χ0n) is 9.08. The molecule has 5 nitrogen and oxygen atoms in total. The fourth-order valence-electron chi connectivity index (χ4n) is 1.46. The van der Waals surface area contributed by atoms with E-state index in [-0.39, 0.29) is 6.20 Å². The Morgan fingerprint density at radius 3 is 2.16 bits per heavy atom. The van der Waals surface area contributed by atoms with Crippen LogP contribution in [0.2, 0.25) is 0 Å². The number of nitrogens with two attached hydrogens (primary N) is 2. The first-order valence-corrected chi connectivity index (χ1v) is 6.14. The Balaban J connectivity index is 3.77. The molecule has 0 aliphatic carbocycles. The standard InChI is InChI=1S/C8H8F5N3O2S/c9-6(10)5-3(1-14)4(8(11,12)13)2-16-7(5)19(15,17)18/h2,6H,1,14H2,(H2,15,17,18). The van der Waals surface area contributed by atoms with E-state index in [4.69, 9.17) is 5.73 Å². The van der Waals surface area contributed by atoms with Crippen LogP contribution in [-0.2, 0) is 22.7 Å². The topological polar surface area (TPSA) is 99.1 Å². The van der Waals surface area contributed by atoms with E-state index < -0.39 is 50.9 Å². The van der Waals surface area contributed by atoms with Crippen LogP contribution >= 0.6 is 0 Å². The van der Waals surface area contributed by atoms with E-state index in [9.17, 15) is 30.4 Å². The van der Waals surface area contributed by atoms with Crippen LogP contribution < -0.4 is 10.9 Å². The van der Waals surface area contributed by atoms with Crippen LogP contribution in [0.25, 0.3) is 0 Å². The van der Waals surface area contributed by atoms with Gasteiger partial charge in [0.25, 0.3) is 16.4 Å². The van der Waals surface area contributed by atoms with Gasteiger partial charge in [-0.1, -0.05) is 0 Å². The SMILES string of the molecule is NCc1c(C(F)(F)F)cnc(S(N)(=O)=O)c1C(F)F. The largest absolute Gasteiger partial charge is 0.418 e. The average molecular weight is 305 g/mol. The van der Waals surface area contributed by atoms with Crippen molar-refractivity contribution < 1.29 is 30.4 Å². The van der Waals surface area contributed by atoms with Gasteiger partial charge >= 0.3 is 6.18 Å². The molecule has 0 unspecified atom stereocenters. The molecule has 1 heterocycles. The maximum absolute atomic E-state index is 12.8. The molecule has 1 rings (SSSR count). The van der Waals surface area contributed by atoms with E-state index >= 15 is 0 Å². The van der Waals surface area contributed by atoms with Crippen molar-refractivity contribution in [2.45, 2.75) is 24.2 Å². The highest BCUT2D eigenvalue weighted by Gasteiger charge is 2.38. The van der Waals surface area contributed by atoms with Gasteiger partial charge in [0, 0.05) is 12.7 Å². The van der Waals surface area contributed by atoms with E-state index in [0.29, 0.717) is 0 Å². The van der Waals surface area contributed by atoms with E-state index in [2.05, 4.69) is 10.1 Å². The molecule has 108 valence electrons. The Kier molecular flexibility index (Phi) is 4.12. The van der Waals surface area contributed by atoms with Crippen molar-refractivity contribution in [2.24, 2.45) is 10.9 Å². The molecule has 11 heteroatoms. The summed E-state index contributed by atoms with van der Waals surface area (Å²) >= 11 is 0. The fourth-order valence-corrected chi connectivity index (χ4v) is 2.18. The number of nitrogens with zero attached hydrogens (tertiary/aromatic N) is 1. The predicted molar refractivity (Wildman–Crippen MR) is 53.5 cm³/mol. The molecule has 0 amide bonds. The quantitative estimate of drug-likeness (QED) is 0.818. The summed E-state index contributed by atoms with van der Waals surface area (Å²) in [6.45, 7) is -0.931. The third-order valence-corrected chi connectivity index (χ3v) is 3.05. The molecule has 19 heavy (non-hydrogen) atoms. The summed E-state index contributed by atoms with van der Waals surface area (Å²) < 4.78 is 85.4. The summed E-state index contributed by atoms with van der Waals surface area (Å²) in [4.78, 5) is 2.88. The second kappa shape index (κ2) is 4.98. The van der Waals surface area contributed by atoms with Gasteiger partial charge in [-0.15, -0.1) is 0 Å². The van der Waals surface area contributed by atoms with Crippen molar-refractivity contribution in [3.63, 3.8) is 0 Å². The first kappa shape index (κ1) is 15.7. The Hall–Kier alpha value is -1.33. The maximum Gasteiger partial charge on any atom is 0.418 e. The Bertz CT molecular complexity index is 585. The predicted octanol–water partition coefficient (Wildman–Crippen LogP) is 1.14. The zero-order valence-corrected chi connectivity index (χ0v) is 9.89. The minimum atomic E-state index is -4.98. The Morgan fingerprint density at radius 2 is 1.84 bits per heavy atom. The highest BCUT2D eigenvalue weighted by Crippen LogP contribution is 2.37. The minimum Gasteiger partial charge on any atom is -0.326 e. The maximum atomic E-state index is 12.8. The van der Waals surface area contributed by atoms with Crippen LogP contribution in [0.3, 0.4) is 0 Å². The molecule has 0 fully saturated rings. The lowest BCUT2D eigenvalue weighted by Crippen LogP contribution is -2.22. The molecule has 0 aromatic carbocycles. The lowest BCUT2D eigenvalue weighted by molar-refractivity contribution is -0.138. The van der Waals surface area contributed by atoms with E-state index in [0.717, 1.165) is 0 Å². The number of aromatic nitrogens is 1. The fraction of sp³-hybridized carbons (Fsp3) is 0.375. The number of rotatable bonds is 3. The molecule has 0 radical (unpaired) electrons. The minimum absolute atomic E-state index is 0.119. The third kappa shape index (κ3) is 3.16. The Labute approximate surface area is 104 Å². The molecular weight excluding hydrogens is 297 g/mol. The van der Waals surface area contributed by atoms with Crippen molar-refractivity contribution in [1.29, 1.82) is 0 Å². The van der Waals surface area contributed by atoms with Crippen LogP contribution in [0, 0.1) is 0 Å². The van der Waals surface area contributed by atoms with Gasteiger partial charge < -0.3 is 5.73 Å². The molecule has 0 aliphatic rings. The molecule has 1 aromatic rings. The number of hydrogen-bond donors (Lipinski definition) is 2. The van der Waals surface area contributed by atoms with Crippen molar-refractivity contribution in [2.75, 3.05) is 0 Å². The summed E-state index contributed by atoms with van der Waals surface area (Å²) in [7, 11) is -4.69. The van der Waals surface area contributed by atoms with Crippen LogP contribution in [0.1, 0.15) is 23.1 Å². The van der Waals surface area contributed by atoms with Crippen molar-refractivity contribution in [3.05, 3.63) is 22.9 Å². The average Bonchev–Trinajstić information content (AvgIpc) is 2.24. The molecule has 0 bridgehead atoms. The van der Waals surface area contributed by atoms with Crippen LogP contribution in [0.5, 0.6) is 0 Å². The van der Waals surface area contributed by atoms with Gasteiger partial charge in [-0.05, 0) is 5.56 Å². The molecule has 0 saturated carbocycles. The van der Waals surface area contributed by atoms with E-state index in [1.807, 2.05) is 0 Å². The monoisotopic (exact) mass is 305 g/mol. The molecule has 1 aromatic heterocycles. The van der Waals surface area contributed by atoms with Gasteiger partial charge in [0.15, 0.2) is 5.03 Å². The molecule has 4 N–H and O–H groups in total. The molecule has 0 aliphatic heterocycles. The third-order valence-electron chi connectivity index (χ3n) is 2.19. The summed E-state index contributed by atoms with van der Waals surface area (Å²) in [5, 5.41) is 3.32. The number of hydrogen-bond acceptors (Lipinski definition) is 4. The summed E-state index contributed by atoms with van der Waals surface area (Å²) in [5.74, 6) is 0. The lowest BCUT2D eigenvalue weighted by Gasteiger charge is -2.17. The van der Waals surface area contributed by atoms with Gasteiger partial charge in [0.2, 0.25) is 0 Å². The molecule has 0 spiro atoms. The van der Waals surface area contributed by atoms with Crippen molar-refractivity contribution >= 4 is 10.0 Å².